The smallest absolute Gasteiger partial charge is 0.410 e. The van der Waals surface area contributed by atoms with Crippen molar-refractivity contribution in [3.63, 3.8) is 0 Å². The van der Waals surface area contributed by atoms with Crippen LogP contribution in [0.2, 0.25) is 0 Å². The average molecular weight is 354 g/mol. The van der Waals surface area contributed by atoms with Gasteiger partial charge in [-0.3, -0.25) is 0 Å². The standard InChI is InChI=1S/C17H24BrNO2/c1-12-11-19(16(20)21-17(2,3)4)9-8-15(12)13-6-5-7-14(18)10-13/h5-7,10,12,15H,8-9,11H2,1-4H3. The minimum absolute atomic E-state index is 0.193. The predicted molar refractivity (Wildman–Crippen MR) is 88.5 cm³/mol. The first-order valence-corrected chi connectivity index (χ1v) is 8.29. The zero-order valence-electron chi connectivity index (χ0n) is 13.2. The lowest BCUT2D eigenvalue weighted by Crippen LogP contribution is -2.44. The van der Waals surface area contributed by atoms with Crippen molar-refractivity contribution in [3.05, 3.63) is 34.3 Å². The van der Waals surface area contributed by atoms with Crippen LogP contribution in [0.5, 0.6) is 0 Å². The quantitative estimate of drug-likeness (QED) is 0.724. The number of ether oxygens (including phenoxy) is 1. The number of hydrogen-bond donors (Lipinski definition) is 0. The van der Waals surface area contributed by atoms with E-state index < -0.39 is 5.60 Å². The van der Waals surface area contributed by atoms with Gasteiger partial charge in [-0.1, -0.05) is 35.0 Å². The molecule has 1 amide bonds. The van der Waals surface area contributed by atoms with E-state index in [0.29, 0.717) is 11.8 Å². The summed E-state index contributed by atoms with van der Waals surface area (Å²) in [6, 6.07) is 8.48. The Hall–Kier alpha value is -1.03. The zero-order valence-corrected chi connectivity index (χ0v) is 14.8. The molecule has 1 aromatic rings. The summed E-state index contributed by atoms with van der Waals surface area (Å²) in [5.41, 5.74) is 0.919. The van der Waals surface area contributed by atoms with Gasteiger partial charge >= 0.3 is 6.09 Å². The fourth-order valence-electron chi connectivity index (χ4n) is 2.87. The Labute approximate surface area is 135 Å². The lowest BCUT2D eigenvalue weighted by Gasteiger charge is -2.37. The van der Waals surface area contributed by atoms with E-state index in [9.17, 15) is 4.79 Å². The number of amides is 1. The minimum atomic E-state index is -0.429. The second-order valence-electron chi connectivity index (χ2n) is 6.85. The molecule has 0 aromatic heterocycles. The predicted octanol–water partition coefficient (Wildman–Crippen LogP) is 4.81. The highest BCUT2D eigenvalue weighted by Gasteiger charge is 2.31. The highest BCUT2D eigenvalue weighted by atomic mass is 79.9. The Morgan fingerprint density at radius 3 is 2.67 bits per heavy atom. The number of likely N-dealkylation sites (tertiary alicyclic amines) is 1. The van der Waals surface area contributed by atoms with Crippen LogP contribution in [0.25, 0.3) is 0 Å². The molecule has 116 valence electrons. The molecule has 1 aromatic carbocycles. The van der Waals surface area contributed by atoms with Crippen molar-refractivity contribution >= 4 is 22.0 Å². The third-order valence-electron chi connectivity index (χ3n) is 3.83. The van der Waals surface area contributed by atoms with Crippen molar-refractivity contribution < 1.29 is 9.53 Å². The monoisotopic (exact) mass is 353 g/mol. The molecule has 2 unspecified atom stereocenters. The first-order valence-electron chi connectivity index (χ1n) is 7.49. The molecular formula is C17H24BrNO2. The molecular weight excluding hydrogens is 330 g/mol. The van der Waals surface area contributed by atoms with Crippen molar-refractivity contribution in [1.29, 1.82) is 0 Å². The van der Waals surface area contributed by atoms with E-state index in [1.165, 1.54) is 5.56 Å². The lowest BCUT2D eigenvalue weighted by atomic mass is 9.82. The molecule has 1 saturated heterocycles. The van der Waals surface area contributed by atoms with E-state index in [1.54, 1.807) is 0 Å². The van der Waals surface area contributed by atoms with Crippen molar-refractivity contribution in [2.24, 2.45) is 5.92 Å². The first kappa shape index (κ1) is 16.3. The van der Waals surface area contributed by atoms with Crippen LogP contribution >= 0.6 is 15.9 Å². The van der Waals surface area contributed by atoms with E-state index in [4.69, 9.17) is 4.74 Å². The number of carbonyl (C=O) groups excluding carboxylic acids is 1. The Bertz CT molecular complexity index is 510. The van der Waals surface area contributed by atoms with Crippen LogP contribution in [0.3, 0.4) is 0 Å². The summed E-state index contributed by atoms with van der Waals surface area (Å²) in [5.74, 6) is 0.932. The van der Waals surface area contributed by atoms with Gasteiger partial charge in [-0.25, -0.2) is 4.79 Å². The number of rotatable bonds is 1. The van der Waals surface area contributed by atoms with Crippen LogP contribution in [-0.4, -0.2) is 29.7 Å². The molecule has 0 saturated carbocycles. The third kappa shape index (κ3) is 4.47. The van der Waals surface area contributed by atoms with Gasteiger partial charge < -0.3 is 9.64 Å². The van der Waals surface area contributed by atoms with Crippen LogP contribution in [-0.2, 0) is 4.74 Å². The van der Waals surface area contributed by atoms with Crippen molar-refractivity contribution in [2.45, 2.75) is 45.6 Å². The number of nitrogens with zero attached hydrogens (tertiary/aromatic N) is 1. The van der Waals surface area contributed by atoms with Crippen LogP contribution in [0.4, 0.5) is 4.79 Å². The summed E-state index contributed by atoms with van der Waals surface area (Å²) in [6.45, 7) is 9.44. The Morgan fingerprint density at radius 2 is 2.10 bits per heavy atom. The van der Waals surface area contributed by atoms with E-state index in [-0.39, 0.29) is 6.09 Å². The van der Waals surface area contributed by atoms with Crippen molar-refractivity contribution in [1.82, 2.24) is 4.90 Å². The van der Waals surface area contributed by atoms with E-state index in [0.717, 1.165) is 24.0 Å². The van der Waals surface area contributed by atoms with E-state index in [2.05, 4.69) is 41.1 Å². The highest BCUT2D eigenvalue weighted by Crippen LogP contribution is 2.34. The van der Waals surface area contributed by atoms with Gasteiger partial charge in [0.05, 0.1) is 0 Å². The van der Waals surface area contributed by atoms with Gasteiger partial charge in [0.15, 0.2) is 0 Å². The lowest BCUT2D eigenvalue weighted by molar-refractivity contribution is 0.0155. The molecule has 1 heterocycles. The highest BCUT2D eigenvalue weighted by molar-refractivity contribution is 9.10. The van der Waals surface area contributed by atoms with Gasteiger partial charge in [-0.2, -0.15) is 0 Å². The second kappa shape index (κ2) is 6.39. The second-order valence-corrected chi connectivity index (χ2v) is 7.77. The van der Waals surface area contributed by atoms with Gasteiger partial charge in [0, 0.05) is 17.6 Å². The van der Waals surface area contributed by atoms with Crippen LogP contribution < -0.4 is 0 Å². The van der Waals surface area contributed by atoms with Crippen LogP contribution in [0, 0.1) is 5.92 Å². The number of piperidine rings is 1. The maximum absolute atomic E-state index is 12.2. The molecule has 1 fully saturated rings. The molecule has 0 aliphatic carbocycles. The summed E-state index contributed by atoms with van der Waals surface area (Å²) >= 11 is 3.53. The van der Waals surface area contributed by atoms with E-state index in [1.807, 2.05) is 31.7 Å². The minimum Gasteiger partial charge on any atom is -0.444 e. The maximum atomic E-state index is 12.2. The summed E-state index contributed by atoms with van der Waals surface area (Å²) < 4.78 is 6.58. The van der Waals surface area contributed by atoms with Gasteiger partial charge in [-0.05, 0) is 56.7 Å². The molecule has 0 radical (unpaired) electrons. The number of carbonyl (C=O) groups is 1. The molecule has 2 rings (SSSR count). The summed E-state index contributed by atoms with van der Waals surface area (Å²) in [7, 11) is 0. The molecule has 1 aliphatic heterocycles. The van der Waals surface area contributed by atoms with Gasteiger partial charge in [0.2, 0.25) is 0 Å². The summed E-state index contributed by atoms with van der Waals surface area (Å²) in [6.07, 6.45) is 0.790. The number of benzene rings is 1. The summed E-state index contributed by atoms with van der Waals surface area (Å²) in [4.78, 5) is 14.0. The molecule has 0 bridgehead atoms. The summed E-state index contributed by atoms with van der Waals surface area (Å²) in [5, 5.41) is 0. The average Bonchev–Trinajstić information content (AvgIpc) is 2.36. The Balaban J connectivity index is 2.01. The van der Waals surface area contributed by atoms with Crippen LogP contribution in [0.15, 0.2) is 28.7 Å². The normalized spacial score (nSPS) is 23.0. The maximum Gasteiger partial charge on any atom is 0.410 e. The van der Waals surface area contributed by atoms with Crippen LogP contribution in [0.1, 0.15) is 45.6 Å². The molecule has 0 N–H and O–H groups in total. The largest absolute Gasteiger partial charge is 0.444 e. The Morgan fingerprint density at radius 1 is 1.38 bits per heavy atom. The van der Waals surface area contributed by atoms with Gasteiger partial charge in [0.25, 0.3) is 0 Å². The van der Waals surface area contributed by atoms with E-state index >= 15 is 0 Å². The molecule has 21 heavy (non-hydrogen) atoms. The van der Waals surface area contributed by atoms with Crippen molar-refractivity contribution in [3.8, 4) is 0 Å². The molecule has 1 aliphatic rings. The molecule has 3 nitrogen and oxygen atoms in total. The first-order chi connectivity index (χ1) is 9.76. The van der Waals surface area contributed by atoms with Gasteiger partial charge in [0.1, 0.15) is 5.60 Å². The molecule has 2 atom stereocenters. The topological polar surface area (TPSA) is 29.5 Å². The molecule has 0 spiro atoms. The molecule has 4 heteroatoms. The SMILES string of the molecule is CC1CN(C(=O)OC(C)(C)C)CCC1c1cccc(Br)c1. The zero-order chi connectivity index (χ0) is 15.6. The van der Waals surface area contributed by atoms with Crippen molar-refractivity contribution in [2.75, 3.05) is 13.1 Å². The van der Waals surface area contributed by atoms with Gasteiger partial charge in [-0.15, -0.1) is 0 Å². The fraction of sp³-hybridized carbons (Fsp3) is 0.588. The number of halogens is 1. The fourth-order valence-corrected chi connectivity index (χ4v) is 3.29. The third-order valence-corrected chi connectivity index (χ3v) is 4.33. The number of hydrogen-bond acceptors (Lipinski definition) is 2. The Kier molecular flexibility index (Phi) is 4.97.